The van der Waals surface area contributed by atoms with Crippen LogP contribution in [-0.4, -0.2) is 9.97 Å². The molecule has 0 fully saturated rings. The number of fused-ring (bicyclic) bond motifs is 1. The summed E-state index contributed by atoms with van der Waals surface area (Å²) < 4.78 is 1.04. The van der Waals surface area contributed by atoms with E-state index in [1.165, 1.54) is 24.8 Å². The molecule has 0 bridgehead atoms. The third-order valence-electron chi connectivity index (χ3n) is 3.29. The van der Waals surface area contributed by atoms with Crippen molar-refractivity contribution in [2.45, 2.75) is 32.1 Å². The third kappa shape index (κ3) is 2.17. The molecule has 0 saturated carbocycles. The Morgan fingerprint density at radius 2 is 2.00 bits per heavy atom. The van der Waals surface area contributed by atoms with Crippen LogP contribution in [0.25, 0.3) is 10.7 Å². The number of nitrogen functional groups attached to an aromatic ring is 1. The number of anilines is 1. The number of halogens is 1. The Hall–Kier alpha value is -0.940. The van der Waals surface area contributed by atoms with Crippen molar-refractivity contribution < 1.29 is 0 Å². The number of nitrogens with zero attached hydrogens (tertiary/aromatic N) is 2. The van der Waals surface area contributed by atoms with E-state index in [1.54, 1.807) is 11.3 Å². The molecule has 1 aliphatic rings. The van der Waals surface area contributed by atoms with Crippen LogP contribution < -0.4 is 5.73 Å². The summed E-state index contributed by atoms with van der Waals surface area (Å²) in [4.78, 5) is 10.3. The Bertz CT molecular complexity index is 580. The Morgan fingerprint density at radius 1 is 1.17 bits per heavy atom. The van der Waals surface area contributed by atoms with Gasteiger partial charge in [0.05, 0.1) is 4.88 Å². The predicted octanol–water partition coefficient (Wildman–Crippen LogP) is 3.82. The molecular weight excluding hydrogens is 310 g/mol. The Balaban J connectivity index is 2.11. The topological polar surface area (TPSA) is 51.8 Å². The van der Waals surface area contributed by atoms with Crippen LogP contribution in [0.15, 0.2) is 15.9 Å². The molecule has 5 heteroatoms. The van der Waals surface area contributed by atoms with E-state index in [9.17, 15) is 0 Å². The van der Waals surface area contributed by atoms with Gasteiger partial charge >= 0.3 is 0 Å². The van der Waals surface area contributed by atoms with Gasteiger partial charge in [-0.2, -0.15) is 0 Å². The lowest BCUT2D eigenvalue weighted by atomic mass is 10.1. The molecule has 0 radical (unpaired) electrons. The van der Waals surface area contributed by atoms with Crippen molar-refractivity contribution in [1.82, 2.24) is 9.97 Å². The van der Waals surface area contributed by atoms with Crippen molar-refractivity contribution in [3.8, 4) is 10.7 Å². The van der Waals surface area contributed by atoms with Gasteiger partial charge in [-0.1, -0.05) is 6.42 Å². The van der Waals surface area contributed by atoms with E-state index >= 15 is 0 Å². The molecule has 2 N–H and O–H groups in total. The normalized spacial score (nSPS) is 15.2. The number of hydrogen-bond acceptors (Lipinski definition) is 4. The SMILES string of the molecule is Nc1nc(-c2sccc2Br)nc2c1CCCCC2. The lowest BCUT2D eigenvalue weighted by Gasteiger charge is -2.09. The first-order chi connectivity index (χ1) is 8.75. The van der Waals surface area contributed by atoms with E-state index in [2.05, 4.69) is 20.9 Å². The Morgan fingerprint density at radius 3 is 2.78 bits per heavy atom. The van der Waals surface area contributed by atoms with Gasteiger partial charge in [-0.15, -0.1) is 11.3 Å². The summed E-state index contributed by atoms with van der Waals surface area (Å²) in [5, 5.41) is 2.03. The van der Waals surface area contributed by atoms with Crippen molar-refractivity contribution in [1.29, 1.82) is 0 Å². The highest BCUT2D eigenvalue weighted by atomic mass is 79.9. The fraction of sp³-hybridized carbons (Fsp3) is 0.385. The summed E-state index contributed by atoms with van der Waals surface area (Å²) >= 11 is 5.17. The molecule has 2 aromatic rings. The van der Waals surface area contributed by atoms with E-state index in [1.807, 2.05) is 11.4 Å². The minimum Gasteiger partial charge on any atom is -0.383 e. The van der Waals surface area contributed by atoms with Crippen LogP contribution in [0.4, 0.5) is 5.82 Å². The van der Waals surface area contributed by atoms with Crippen molar-refractivity contribution >= 4 is 33.1 Å². The third-order valence-corrected chi connectivity index (χ3v) is 5.12. The highest BCUT2D eigenvalue weighted by molar-refractivity contribution is 9.10. The molecule has 2 aromatic heterocycles. The molecule has 3 nitrogen and oxygen atoms in total. The van der Waals surface area contributed by atoms with Gasteiger partial charge < -0.3 is 5.73 Å². The Kier molecular flexibility index (Phi) is 3.35. The molecule has 0 aromatic carbocycles. The summed E-state index contributed by atoms with van der Waals surface area (Å²) in [6.45, 7) is 0. The number of thiophene rings is 1. The summed E-state index contributed by atoms with van der Waals surface area (Å²) in [6, 6.07) is 2.02. The lowest BCUT2D eigenvalue weighted by molar-refractivity contribution is 0.709. The van der Waals surface area contributed by atoms with Gasteiger partial charge in [0.15, 0.2) is 5.82 Å². The molecule has 2 heterocycles. The first-order valence-electron chi connectivity index (χ1n) is 6.14. The molecular formula is C13H14BrN3S. The van der Waals surface area contributed by atoms with Gasteiger partial charge in [-0.25, -0.2) is 9.97 Å². The molecule has 0 spiro atoms. The zero-order valence-corrected chi connectivity index (χ0v) is 12.4. The molecule has 94 valence electrons. The van der Waals surface area contributed by atoms with E-state index < -0.39 is 0 Å². The van der Waals surface area contributed by atoms with Crippen molar-refractivity contribution in [3.63, 3.8) is 0 Å². The van der Waals surface area contributed by atoms with Crippen LogP contribution in [0.2, 0.25) is 0 Å². The zero-order chi connectivity index (χ0) is 12.5. The van der Waals surface area contributed by atoms with Gasteiger partial charge in [0.2, 0.25) is 0 Å². The smallest absolute Gasteiger partial charge is 0.173 e. The maximum atomic E-state index is 6.11. The summed E-state index contributed by atoms with van der Waals surface area (Å²) in [7, 11) is 0. The largest absolute Gasteiger partial charge is 0.383 e. The van der Waals surface area contributed by atoms with Crippen LogP contribution in [0, 0.1) is 0 Å². The molecule has 3 rings (SSSR count). The Labute approximate surface area is 119 Å². The predicted molar refractivity (Wildman–Crippen MR) is 78.7 cm³/mol. The molecule has 0 atom stereocenters. The minimum absolute atomic E-state index is 0.664. The quantitative estimate of drug-likeness (QED) is 0.811. The van der Waals surface area contributed by atoms with Gasteiger partial charge in [-0.05, 0) is 53.1 Å². The van der Waals surface area contributed by atoms with E-state index in [4.69, 9.17) is 10.7 Å². The molecule has 0 saturated heterocycles. The second-order valence-corrected chi connectivity index (χ2v) is 6.29. The van der Waals surface area contributed by atoms with E-state index in [-0.39, 0.29) is 0 Å². The van der Waals surface area contributed by atoms with Crippen molar-refractivity contribution in [2.75, 3.05) is 5.73 Å². The van der Waals surface area contributed by atoms with Crippen molar-refractivity contribution in [3.05, 3.63) is 27.2 Å². The number of rotatable bonds is 1. The standard InChI is InChI=1S/C13H14BrN3S/c14-9-6-7-18-11(9)13-16-10-5-3-1-2-4-8(10)12(15)17-13/h6-7H,1-5H2,(H2,15,16,17). The monoisotopic (exact) mass is 323 g/mol. The summed E-state index contributed by atoms with van der Waals surface area (Å²) in [5.74, 6) is 1.42. The molecule has 0 unspecified atom stereocenters. The fourth-order valence-electron chi connectivity index (χ4n) is 2.35. The van der Waals surface area contributed by atoms with Gasteiger partial charge in [0.25, 0.3) is 0 Å². The average molecular weight is 324 g/mol. The highest BCUT2D eigenvalue weighted by Gasteiger charge is 2.17. The van der Waals surface area contributed by atoms with Crippen LogP contribution >= 0.6 is 27.3 Å². The van der Waals surface area contributed by atoms with Crippen molar-refractivity contribution in [2.24, 2.45) is 0 Å². The van der Waals surface area contributed by atoms with E-state index in [0.717, 1.165) is 33.7 Å². The maximum Gasteiger partial charge on any atom is 0.173 e. The number of nitrogens with two attached hydrogens (primary N) is 1. The molecule has 18 heavy (non-hydrogen) atoms. The first-order valence-corrected chi connectivity index (χ1v) is 7.81. The summed E-state index contributed by atoms with van der Waals surface area (Å²) in [6.07, 6.45) is 5.70. The summed E-state index contributed by atoms with van der Waals surface area (Å²) in [5.41, 5.74) is 8.42. The van der Waals surface area contributed by atoms with Crippen LogP contribution in [0.3, 0.4) is 0 Å². The maximum absolute atomic E-state index is 6.11. The van der Waals surface area contributed by atoms with Gasteiger partial charge in [0, 0.05) is 15.7 Å². The lowest BCUT2D eigenvalue weighted by Crippen LogP contribution is -2.06. The second-order valence-electron chi connectivity index (χ2n) is 4.52. The van der Waals surface area contributed by atoms with Gasteiger partial charge in [0.1, 0.15) is 5.82 Å². The number of aryl methyl sites for hydroxylation is 1. The highest BCUT2D eigenvalue weighted by Crippen LogP contribution is 2.33. The first kappa shape index (κ1) is 12.1. The van der Waals surface area contributed by atoms with Crippen LogP contribution in [0.1, 0.15) is 30.5 Å². The molecule has 1 aliphatic carbocycles. The fourth-order valence-corrected chi connectivity index (χ4v) is 3.84. The number of hydrogen-bond donors (Lipinski definition) is 1. The molecule has 0 aliphatic heterocycles. The van der Waals surface area contributed by atoms with Crippen LogP contribution in [0.5, 0.6) is 0 Å². The average Bonchev–Trinajstić information content (AvgIpc) is 2.63. The zero-order valence-electron chi connectivity index (χ0n) is 9.95. The van der Waals surface area contributed by atoms with E-state index in [0.29, 0.717) is 5.82 Å². The second kappa shape index (κ2) is 4.97. The minimum atomic E-state index is 0.664. The van der Waals surface area contributed by atoms with Gasteiger partial charge in [-0.3, -0.25) is 0 Å². The molecule has 0 amide bonds. The number of aromatic nitrogens is 2. The van der Waals surface area contributed by atoms with Crippen LogP contribution in [-0.2, 0) is 12.8 Å².